The Bertz CT molecular complexity index is 1010. The second kappa shape index (κ2) is 8.71. The number of hydrogen-bond donors (Lipinski definition) is 0. The molecule has 0 aliphatic carbocycles. The van der Waals surface area contributed by atoms with Gasteiger partial charge in [0.2, 0.25) is 0 Å². The fourth-order valence-electron chi connectivity index (χ4n) is 2.62. The molecular weight excluding hydrogens is 469 g/mol. The second-order valence-corrected chi connectivity index (χ2v) is 9.16. The minimum Gasteiger partial charge on any atom is -0.256 e. The van der Waals surface area contributed by atoms with Crippen molar-refractivity contribution in [2.45, 2.75) is 18.4 Å². The maximum absolute atomic E-state index is 13.4. The highest BCUT2D eigenvalue weighted by molar-refractivity contribution is 14.1. The first-order chi connectivity index (χ1) is 13.0. The van der Waals surface area contributed by atoms with Gasteiger partial charge >= 0.3 is 0 Å². The predicted octanol–water partition coefficient (Wildman–Crippen LogP) is 5.62. The van der Waals surface area contributed by atoms with Crippen LogP contribution in [-0.4, -0.2) is 12.7 Å². The van der Waals surface area contributed by atoms with Crippen LogP contribution in [0.25, 0.3) is 6.08 Å². The van der Waals surface area contributed by atoms with Crippen molar-refractivity contribution >= 4 is 38.7 Å². The minimum atomic E-state index is -3.68. The van der Waals surface area contributed by atoms with E-state index in [2.05, 4.69) is 22.6 Å². The molecule has 0 aliphatic rings. The van der Waals surface area contributed by atoms with E-state index < -0.39 is 10.0 Å². The zero-order valence-corrected chi connectivity index (χ0v) is 17.9. The predicted molar refractivity (Wildman–Crippen MR) is 119 cm³/mol. The molecule has 0 atom stereocenters. The van der Waals surface area contributed by atoms with E-state index in [1.807, 2.05) is 85.8 Å². The van der Waals surface area contributed by atoms with Crippen LogP contribution in [0.3, 0.4) is 0 Å². The van der Waals surface area contributed by atoms with Crippen LogP contribution in [0, 0.1) is 6.92 Å². The molecule has 138 valence electrons. The van der Waals surface area contributed by atoms with Crippen LogP contribution in [0.4, 0.5) is 0 Å². The van der Waals surface area contributed by atoms with Crippen molar-refractivity contribution in [2.75, 3.05) is 0 Å². The lowest BCUT2D eigenvalue weighted by Crippen LogP contribution is -2.28. The number of sulfonamides is 1. The van der Waals surface area contributed by atoms with Crippen molar-refractivity contribution in [3.05, 3.63) is 105 Å². The van der Waals surface area contributed by atoms with Gasteiger partial charge in [-0.25, -0.2) is 8.42 Å². The maximum atomic E-state index is 13.4. The third-order valence-electron chi connectivity index (χ3n) is 4.10. The van der Waals surface area contributed by atoms with Gasteiger partial charge in [-0.1, -0.05) is 78.4 Å². The van der Waals surface area contributed by atoms with Crippen molar-refractivity contribution in [2.24, 2.45) is 0 Å². The molecule has 0 bridgehead atoms. The van der Waals surface area contributed by atoms with Gasteiger partial charge in [0.15, 0.2) is 0 Å². The van der Waals surface area contributed by atoms with Crippen molar-refractivity contribution in [1.29, 1.82) is 0 Å². The molecule has 0 unspecified atom stereocenters. The summed E-state index contributed by atoms with van der Waals surface area (Å²) >= 11 is 2.10. The third kappa shape index (κ3) is 4.99. The van der Waals surface area contributed by atoms with Crippen LogP contribution in [-0.2, 0) is 16.6 Å². The van der Waals surface area contributed by atoms with Crippen molar-refractivity contribution < 1.29 is 8.42 Å². The first kappa shape index (κ1) is 19.6. The summed E-state index contributed by atoms with van der Waals surface area (Å²) in [4.78, 5) is 0.291. The average Bonchev–Trinajstić information content (AvgIpc) is 2.68. The van der Waals surface area contributed by atoms with Crippen LogP contribution in [0.15, 0.2) is 93.5 Å². The fourth-order valence-corrected chi connectivity index (χ4v) is 5.26. The highest BCUT2D eigenvalue weighted by atomic mass is 127. The molecule has 0 heterocycles. The molecule has 0 radical (unpaired) electrons. The second-order valence-electron chi connectivity index (χ2n) is 6.19. The first-order valence-electron chi connectivity index (χ1n) is 8.52. The Morgan fingerprint density at radius 1 is 0.889 bits per heavy atom. The molecule has 3 rings (SSSR count). The van der Waals surface area contributed by atoms with Crippen molar-refractivity contribution in [3.8, 4) is 0 Å². The Labute approximate surface area is 174 Å². The zero-order valence-electron chi connectivity index (χ0n) is 14.9. The minimum absolute atomic E-state index is 0.276. The van der Waals surface area contributed by atoms with Crippen molar-refractivity contribution in [3.63, 3.8) is 0 Å². The first-order valence-corrected chi connectivity index (χ1v) is 11.0. The Morgan fingerprint density at radius 2 is 1.44 bits per heavy atom. The Balaban J connectivity index is 2.04. The molecule has 27 heavy (non-hydrogen) atoms. The molecule has 5 heteroatoms. The van der Waals surface area contributed by atoms with Gasteiger partial charge in [0.05, 0.1) is 15.1 Å². The third-order valence-corrected chi connectivity index (χ3v) is 7.10. The van der Waals surface area contributed by atoms with E-state index in [0.717, 1.165) is 16.7 Å². The number of hydrogen-bond acceptors (Lipinski definition) is 2. The van der Waals surface area contributed by atoms with E-state index in [1.165, 1.54) is 4.31 Å². The van der Waals surface area contributed by atoms with Gasteiger partial charge in [-0.2, -0.15) is 0 Å². The van der Waals surface area contributed by atoms with Gasteiger partial charge in [-0.3, -0.25) is 4.31 Å². The number of nitrogens with zero attached hydrogens (tertiary/aromatic N) is 1. The number of rotatable bonds is 6. The smallest absolute Gasteiger partial charge is 0.256 e. The largest absolute Gasteiger partial charge is 0.264 e. The summed E-state index contributed by atoms with van der Waals surface area (Å²) in [5.41, 5.74) is 2.92. The SMILES string of the molecule is Cc1ccc(S(=O)(=O)N(Cc2ccccc2)/C(I)=C\c2ccccc2)cc1. The molecule has 0 spiro atoms. The lowest BCUT2D eigenvalue weighted by atomic mass is 10.2. The van der Waals surface area contributed by atoms with Crippen molar-refractivity contribution in [1.82, 2.24) is 4.31 Å². The standard InChI is InChI=1S/C22H20INO2S/c1-18-12-14-21(15-13-18)27(25,26)24(17-20-10-6-3-7-11-20)22(23)16-19-8-4-2-5-9-19/h2-16H,17H2,1H3/b22-16-. The number of aryl methyl sites for hydroxylation is 1. The zero-order chi connectivity index (χ0) is 19.3. The molecule has 0 saturated carbocycles. The molecule has 0 N–H and O–H groups in total. The van der Waals surface area contributed by atoms with E-state index >= 15 is 0 Å². The highest BCUT2D eigenvalue weighted by Crippen LogP contribution is 2.28. The summed E-state index contributed by atoms with van der Waals surface area (Å²) in [6.07, 6.45) is 1.88. The molecule has 0 aromatic heterocycles. The molecule has 0 fully saturated rings. The lowest BCUT2D eigenvalue weighted by Gasteiger charge is -2.24. The van der Waals surface area contributed by atoms with Gasteiger partial charge < -0.3 is 0 Å². The topological polar surface area (TPSA) is 37.4 Å². The monoisotopic (exact) mass is 489 g/mol. The van der Waals surface area contributed by atoms with Gasteiger partial charge in [-0.05, 0) is 58.9 Å². The molecule has 0 amide bonds. The summed E-state index contributed by atoms with van der Waals surface area (Å²) < 4.78 is 28.8. The number of benzene rings is 3. The summed E-state index contributed by atoms with van der Waals surface area (Å²) in [6.45, 7) is 2.22. The van der Waals surface area contributed by atoms with E-state index in [9.17, 15) is 8.42 Å². The molecule has 3 aromatic rings. The Kier molecular flexibility index (Phi) is 6.34. The molecule has 0 saturated heterocycles. The quantitative estimate of drug-likeness (QED) is 0.333. The molecule has 3 aromatic carbocycles. The number of halogens is 1. The van der Waals surface area contributed by atoms with Crippen LogP contribution in [0.5, 0.6) is 0 Å². The van der Waals surface area contributed by atoms with Gasteiger partial charge in [0.25, 0.3) is 10.0 Å². The van der Waals surface area contributed by atoms with Gasteiger partial charge in [0.1, 0.15) is 0 Å². The van der Waals surface area contributed by atoms with E-state index in [-0.39, 0.29) is 6.54 Å². The van der Waals surface area contributed by atoms with Crippen LogP contribution in [0.1, 0.15) is 16.7 Å². The van der Waals surface area contributed by atoms with E-state index in [4.69, 9.17) is 0 Å². The highest BCUT2D eigenvalue weighted by Gasteiger charge is 2.25. The molecular formula is C22H20INO2S. The Hall–Kier alpha value is -2.12. The average molecular weight is 489 g/mol. The summed E-state index contributed by atoms with van der Waals surface area (Å²) in [7, 11) is -3.68. The molecule has 0 aliphatic heterocycles. The lowest BCUT2D eigenvalue weighted by molar-refractivity contribution is 0.494. The molecule has 3 nitrogen and oxygen atoms in total. The van der Waals surface area contributed by atoms with Crippen LogP contribution < -0.4 is 0 Å². The summed E-state index contributed by atoms with van der Waals surface area (Å²) in [6, 6.07) is 26.3. The van der Waals surface area contributed by atoms with Crippen LogP contribution >= 0.6 is 22.6 Å². The maximum Gasteiger partial charge on any atom is 0.264 e. The van der Waals surface area contributed by atoms with Gasteiger partial charge in [-0.15, -0.1) is 0 Å². The fraction of sp³-hybridized carbons (Fsp3) is 0.0909. The van der Waals surface area contributed by atoms with Crippen LogP contribution in [0.2, 0.25) is 0 Å². The van der Waals surface area contributed by atoms with E-state index in [0.29, 0.717) is 8.60 Å². The normalized spacial score (nSPS) is 12.0. The van der Waals surface area contributed by atoms with Gasteiger partial charge in [0, 0.05) is 0 Å². The summed E-state index contributed by atoms with van der Waals surface area (Å²) in [5, 5.41) is 0. The van der Waals surface area contributed by atoms with E-state index in [1.54, 1.807) is 12.1 Å². The summed E-state index contributed by atoms with van der Waals surface area (Å²) in [5.74, 6) is 0. The Morgan fingerprint density at radius 3 is 2.04 bits per heavy atom.